The molecule has 2 rings (SSSR count). The Balaban J connectivity index is 2.27. The molecule has 7 heteroatoms. The number of rotatable bonds is 7. The number of esters is 2. The van der Waals surface area contributed by atoms with Gasteiger partial charge in [-0.25, -0.2) is 9.59 Å². The zero-order valence-electron chi connectivity index (χ0n) is 18.2. The molecule has 0 N–H and O–H groups in total. The van der Waals surface area contributed by atoms with Gasteiger partial charge < -0.3 is 14.2 Å². The third kappa shape index (κ3) is 6.07. The predicted octanol–water partition coefficient (Wildman–Crippen LogP) is 4.41. The maximum absolute atomic E-state index is 12.5. The van der Waals surface area contributed by atoms with Crippen LogP contribution >= 0.6 is 0 Å². The van der Waals surface area contributed by atoms with E-state index in [1.165, 1.54) is 44.6 Å². The summed E-state index contributed by atoms with van der Waals surface area (Å²) in [5.41, 5.74) is 1.93. The van der Waals surface area contributed by atoms with Crippen molar-refractivity contribution in [2.45, 2.75) is 19.8 Å². The summed E-state index contributed by atoms with van der Waals surface area (Å²) in [6.45, 7) is 4.15. The third-order valence-corrected chi connectivity index (χ3v) is 4.48. The van der Waals surface area contributed by atoms with Gasteiger partial charge in [0, 0.05) is 0 Å². The van der Waals surface area contributed by atoms with Crippen LogP contribution in [0.4, 0.5) is 0 Å². The van der Waals surface area contributed by atoms with Crippen LogP contribution in [0.5, 0.6) is 11.5 Å². The highest BCUT2D eigenvalue weighted by molar-refractivity contribution is 5.99. The zero-order valence-corrected chi connectivity index (χ0v) is 18.2. The second-order valence-corrected chi connectivity index (χ2v) is 6.95. The fraction of sp³-hybridized carbons (Fsp3) is 0.200. The fourth-order valence-electron chi connectivity index (χ4n) is 2.71. The van der Waals surface area contributed by atoms with E-state index in [0.29, 0.717) is 17.0 Å². The molecule has 32 heavy (non-hydrogen) atoms. The summed E-state index contributed by atoms with van der Waals surface area (Å²) in [6, 6.07) is 15.6. The van der Waals surface area contributed by atoms with Gasteiger partial charge in [0.05, 0.1) is 14.2 Å². The van der Waals surface area contributed by atoms with E-state index >= 15 is 0 Å². The van der Waals surface area contributed by atoms with Crippen LogP contribution in [0.1, 0.15) is 36.5 Å². The molecule has 2 aromatic rings. The standard InChI is InChI=1S/C25H22N2O5/c1-16(2)19-8-5-17(6-9-19)11-21(15-27)25(29)32-22-10-7-18(13-23(22)30-3)12-20(14-26)24(28)31-4/h5-13,16H,1-4H3/b20-12+,21-11+. The number of benzene rings is 2. The minimum absolute atomic E-state index is 0.0857. The summed E-state index contributed by atoms with van der Waals surface area (Å²) in [5, 5.41) is 18.5. The van der Waals surface area contributed by atoms with Crippen LogP contribution in [0.2, 0.25) is 0 Å². The molecular weight excluding hydrogens is 408 g/mol. The molecule has 0 bridgehead atoms. The van der Waals surface area contributed by atoms with Crippen LogP contribution < -0.4 is 9.47 Å². The number of nitrogens with zero attached hydrogens (tertiary/aromatic N) is 2. The lowest BCUT2D eigenvalue weighted by molar-refractivity contribution is -0.135. The van der Waals surface area contributed by atoms with Gasteiger partial charge >= 0.3 is 11.9 Å². The van der Waals surface area contributed by atoms with Crippen molar-refractivity contribution in [2.75, 3.05) is 14.2 Å². The van der Waals surface area contributed by atoms with Gasteiger partial charge in [0.1, 0.15) is 23.3 Å². The molecule has 0 unspecified atom stereocenters. The van der Waals surface area contributed by atoms with E-state index in [2.05, 4.69) is 18.6 Å². The van der Waals surface area contributed by atoms with Gasteiger partial charge in [0.15, 0.2) is 11.5 Å². The highest BCUT2D eigenvalue weighted by Crippen LogP contribution is 2.30. The number of carbonyl (C=O) groups is 2. The second kappa shape index (κ2) is 11.1. The maximum Gasteiger partial charge on any atom is 0.354 e. The van der Waals surface area contributed by atoms with E-state index in [1.807, 2.05) is 30.3 Å². The molecule has 0 aliphatic carbocycles. The Kier molecular flexibility index (Phi) is 8.33. The summed E-state index contributed by atoms with van der Waals surface area (Å²) in [6.07, 6.45) is 2.77. The van der Waals surface area contributed by atoms with Crippen molar-refractivity contribution in [3.63, 3.8) is 0 Å². The quantitative estimate of drug-likeness (QED) is 0.277. The first-order valence-corrected chi connectivity index (χ1v) is 9.65. The SMILES string of the molecule is COC(=O)/C(C#N)=C/c1ccc(OC(=O)/C(C#N)=C/c2ccc(C(C)C)cc2)c(OC)c1. The monoisotopic (exact) mass is 430 g/mol. The molecule has 2 aromatic carbocycles. The summed E-state index contributed by atoms with van der Waals surface area (Å²) in [7, 11) is 2.55. The van der Waals surface area contributed by atoms with Crippen LogP contribution in [0.25, 0.3) is 12.2 Å². The highest BCUT2D eigenvalue weighted by Gasteiger charge is 2.16. The Hall–Kier alpha value is -4.36. The topological polar surface area (TPSA) is 109 Å². The van der Waals surface area contributed by atoms with Gasteiger partial charge in [-0.2, -0.15) is 10.5 Å². The fourth-order valence-corrected chi connectivity index (χ4v) is 2.71. The van der Waals surface area contributed by atoms with Crippen molar-refractivity contribution in [1.82, 2.24) is 0 Å². The van der Waals surface area contributed by atoms with Crippen LogP contribution in [-0.2, 0) is 14.3 Å². The molecule has 0 aliphatic rings. The summed E-state index contributed by atoms with van der Waals surface area (Å²) in [4.78, 5) is 24.1. The molecule has 0 radical (unpaired) electrons. The Morgan fingerprint density at radius 2 is 1.41 bits per heavy atom. The predicted molar refractivity (Wildman–Crippen MR) is 118 cm³/mol. The van der Waals surface area contributed by atoms with E-state index < -0.39 is 11.9 Å². The number of methoxy groups -OCH3 is 2. The van der Waals surface area contributed by atoms with E-state index in [0.717, 1.165) is 5.56 Å². The number of carbonyl (C=O) groups excluding carboxylic acids is 2. The number of hydrogen-bond acceptors (Lipinski definition) is 7. The molecular formula is C25H22N2O5. The number of hydrogen-bond donors (Lipinski definition) is 0. The Bertz CT molecular complexity index is 1150. The second-order valence-electron chi connectivity index (χ2n) is 6.95. The Morgan fingerprint density at radius 3 is 1.94 bits per heavy atom. The molecule has 0 saturated heterocycles. The molecule has 0 atom stereocenters. The van der Waals surface area contributed by atoms with E-state index in [1.54, 1.807) is 6.07 Å². The highest BCUT2D eigenvalue weighted by atomic mass is 16.6. The Morgan fingerprint density at radius 1 is 0.844 bits per heavy atom. The van der Waals surface area contributed by atoms with Crippen molar-refractivity contribution in [3.05, 3.63) is 70.3 Å². The third-order valence-electron chi connectivity index (χ3n) is 4.48. The van der Waals surface area contributed by atoms with Gasteiger partial charge in [0.25, 0.3) is 0 Å². The summed E-state index contributed by atoms with van der Waals surface area (Å²) < 4.78 is 15.1. The minimum Gasteiger partial charge on any atom is -0.493 e. The first kappa shape index (κ1) is 23.9. The lowest BCUT2D eigenvalue weighted by Crippen LogP contribution is -2.11. The van der Waals surface area contributed by atoms with Gasteiger partial charge in [0.2, 0.25) is 0 Å². The van der Waals surface area contributed by atoms with Gasteiger partial charge in [-0.15, -0.1) is 0 Å². The van der Waals surface area contributed by atoms with Crippen molar-refractivity contribution < 1.29 is 23.8 Å². The lowest BCUT2D eigenvalue weighted by Gasteiger charge is -2.10. The van der Waals surface area contributed by atoms with Crippen molar-refractivity contribution in [1.29, 1.82) is 10.5 Å². The van der Waals surface area contributed by atoms with Crippen molar-refractivity contribution >= 4 is 24.1 Å². The smallest absolute Gasteiger partial charge is 0.354 e. The average molecular weight is 430 g/mol. The molecule has 0 saturated carbocycles. The summed E-state index contributed by atoms with van der Waals surface area (Å²) in [5.74, 6) is -0.965. The molecule has 0 spiro atoms. The van der Waals surface area contributed by atoms with Crippen LogP contribution in [0.15, 0.2) is 53.6 Å². The zero-order chi connectivity index (χ0) is 23.7. The molecule has 0 aromatic heterocycles. The van der Waals surface area contributed by atoms with Crippen molar-refractivity contribution in [3.8, 4) is 23.6 Å². The maximum atomic E-state index is 12.5. The van der Waals surface area contributed by atoms with Gasteiger partial charge in [-0.3, -0.25) is 0 Å². The first-order valence-electron chi connectivity index (χ1n) is 9.65. The van der Waals surface area contributed by atoms with Crippen LogP contribution in [-0.4, -0.2) is 26.2 Å². The van der Waals surface area contributed by atoms with Crippen molar-refractivity contribution in [2.24, 2.45) is 0 Å². The normalized spacial score (nSPS) is 11.3. The molecule has 7 nitrogen and oxygen atoms in total. The largest absolute Gasteiger partial charge is 0.493 e. The minimum atomic E-state index is -0.839. The van der Waals surface area contributed by atoms with E-state index in [9.17, 15) is 14.9 Å². The van der Waals surface area contributed by atoms with Crippen LogP contribution in [0, 0.1) is 22.7 Å². The Labute approximate surface area is 186 Å². The first-order chi connectivity index (χ1) is 15.3. The summed E-state index contributed by atoms with van der Waals surface area (Å²) >= 11 is 0. The van der Waals surface area contributed by atoms with Crippen LogP contribution in [0.3, 0.4) is 0 Å². The number of nitriles is 2. The van der Waals surface area contributed by atoms with E-state index in [4.69, 9.17) is 14.7 Å². The molecule has 0 amide bonds. The molecule has 0 fully saturated rings. The molecule has 162 valence electrons. The molecule has 0 heterocycles. The average Bonchev–Trinajstić information content (AvgIpc) is 2.81. The number of ether oxygens (including phenoxy) is 3. The molecule has 0 aliphatic heterocycles. The lowest BCUT2D eigenvalue weighted by atomic mass is 10.0. The van der Waals surface area contributed by atoms with Gasteiger partial charge in [-0.05, 0) is 46.9 Å². The van der Waals surface area contributed by atoms with Gasteiger partial charge in [-0.1, -0.05) is 44.2 Å². The van der Waals surface area contributed by atoms with E-state index in [-0.39, 0.29) is 22.6 Å².